The van der Waals surface area contributed by atoms with Gasteiger partial charge in [-0.1, -0.05) is 25.1 Å². The van der Waals surface area contributed by atoms with Crippen molar-refractivity contribution in [2.24, 2.45) is 5.92 Å². The summed E-state index contributed by atoms with van der Waals surface area (Å²) in [5, 5.41) is 10.8. The topological polar surface area (TPSA) is 78.7 Å². The van der Waals surface area contributed by atoms with Crippen molar-refractivity contribution in [2.75, 3.05) is 7.11 Å². The van der Waals surface area contributed by atoms with Gasteiger partial charge in [-0.3, -0.25) is 10.1 Å². The summed E-state index contributed by atoms with van der Waals surface area (Å²) in [4.78, 5) is 21.9. The maximum Gasteiger partial charge on any atom is 0.339 e. The first-order chi connectivity index (χ1) is 9.52. The number of methoxy groups -OCH3 is 1. The summed E-state index contributed by atoms with van der Waals surface area (Å²) in [6.45, 7) is 1.92. The molecule has 1 aliphatic rings. The molecule has 2 rings (SSSR count). The molecule has 0 spiro atoms. The van der Waals surface area contributed by atoms with E-state index in [2.05, 4.69) is 4.74 Å². The smallest absolute Gasteiger partial charge is 0.339 e. The van der Waals surface area contributed by atoms with Crippen LogP contribution in [0, 0.1) is 16.0 Å². The maximum atomic E-state index is 11.5. The molecule has 0 unspecified atom stereocenters. The molecule has 0 saturated heterocycles. The highest BCUT2D eigenvalue weighted by Crippen LogP contribution is 2.33. The van der Waals surface area contributed by atoms with Gasteiger partial charge in [-0.05, 0) is 11.6 Å². The first-order valence-electron chi connectivity index (χ1n) is 6.19. The van der Waals surface area contributed by atoms with Crippen LogP contribution in [-0.4, -0.2) is 24.1 Å². The number of esters is 1. The van der Waals surface area contributed by atoms with Crippen LogP contribution in [0.4, 0.5) is 5.69 Å². The van der Waals surface area contributed by atoms with Gasteiger partial charge >= 0.3 is 5.97 Å². The van der Waals surface area contributed by atoms with Gasteiger partial charge in [-0.15, -0.1) is 0 Å². The summed E-state index contributed by atoms with van der Waals surface area (Å²) in [5.41, 5.74) is 0.674. The van der Waals surface area contributed by atoms with Gasteiger partial charge in [0.25, 0.3) is 5.69 Å². The number of hydrogen-bond donors (Lipinski definition) is 0. The lowest BCUT2D eigenvalue weighted by Crippen LogP contribution is -2.31. The summed E-state index contributed by atoms with van der Waals surface area (Å²) in [6.07, 6.45) is 2.31. The van der Waals surface area contributed by atoms with Crippen LogP contribution in [-0.2, 0) is 14.3 Å². The monoisotopic (exact) mass is 277 g/mol. The number of nitro groups is 1. The molecule has 1 aliphatic heterocycles. The highest BCUT2D eigenvalue weighted by Gasteiger charge is 2.30. The largest absolute Gasteiger partial charge is 0.467 e. The number of nitrogens with zero attached hydrogens (tertiary/aromatic N) is 1. The highest BCUT2D eigenvalue weighted by atomic mass is 16.6. The van der Waals surface area contributed by atoms with Crippen molar-refractivity contribution in [1.29, 1.82) is 0 Å². The van der Waals surface area contributed by atoms with E-state index in [4.69, 9.17) is 4.74 Å². The van der Waals surface area contributed by atoms with Crippen molar-refractivity contribution in [3.63, 3.8) is 0 Å². The molecule has 1 aromatic rings. The Kier molecular flexibility index (Phi) is 4.14. The Morgan fingerprint density at radius 1 is 1.40 bits per heavy atom. The van der Waals surface area contributed by atoms with Gasteiger partial charge in [0.1, 0.15) is 0 Å². The number of non-ortho nitro benzene ring substituents is 1. The molecule has 0 saturated carbocycles. The number of carbonyl (C=O) groups excluding carboxylic acids is 1. The second-order valence-electron chi connectivity index (χ2n) is 4.60. The molecular formula is C14H15NO5. The van der Waals surface area contributed by atoms with Crippen molar-refractivity contribution < 1.29 is 19.2 Å². The molecule has 0 radical (unpaired) electrons. The van der Waals surface area contributed by atoms with Crippen LogP contribution in [0.2, 0.25) is 0 Å². The summed E-state index contributed by atoms with van der Waals surface area (Å²) in [5.74, 6) is -0.471. The van der Waals surface area contributed by atoms with E-state index >= 15 is 0 Å². The van der Waals surface area contributed by atoms with Gasteiger partial charge in [0.2, 0.25) is 0 Å². The quantitative estimate of drug-likeness (QED) is 0.367. The minimum Gasteiger partial charge on any atom is -0.467 e. The molecule has 6 heteroatoms. The van der Waals surface area contributed by atoms with Crippen molar-refractivity contribution in [2.45, 2.75) is 19.1 Å². The number of nitro benzene ring substituents is 1. The van der Waals surface area contributed by atoms with Crippen molar-refractivity contribution >= 4 is 11.7 Å². The lowest BCUT2D eigenvalue weighted by molar-refractivity contribution is -0.385. The Morgan fingerprint density at radius 3 is 2.80 bits per heavy atom. The van der Waals surface area contributed by atoms with Crippen LogP contribution in [0.5, 0.6) is 0 Å². The third-order valence-electron chi connectivity index (χ3n) is 3.20. The first kappa shape index (κ1) is 14.2. The molecule has 106 valence electrons. The standard InChI is InChI=1S/C14H15NO5/c1-9-6-7-12(14(16)19-2)20-13(9)10-4-3-5-11(8-10)15(17)18/h3-9,12-13H,1-2H3/t9-,12-,13-/m0/s1. The zero-order valence-electron chi connectivity index (χ0n) is 11.2. The molecule has 6 nitrogen and oxygen atoms in total. The normalized spacial score (nSPS) is 25.2. The van der Waals surface area contributed by atoms with Gasteiger partial charge in [0.05, 0.1) is 18.1 Å². The maximum absolute atomic E-state index is 11.5. The van der Waals surface area contributed by atoms with E-state index in [0.29, 0.717) is 5.56 Å². The minimum absolute atomic E-state index is 0.00229. The van der Waals surface area contributed by atoms with Gasteiger partial charge in [0, 0.05) is 18.1 Å². The van der Waals surface area contributed by atoms with E-state index in [0.717, 1.165) is 0 Å². The average molecular weight is 277 g/mol. The summed E-state index contributed by atoms with van der Waals surface area (Å²) in [6, 6.07) is 6.25. The fourth-order valence-corrected chi connectivity index (χ4v) is 2.15. The van der Waals surface area contributed by atoms with Crippen LogP contribution in [0.1, 0.15) is 18.6 Å². The third-order valence-corrected chi connectivity index (χ3v) is 3.20. The predicted molar refractivity (Wildman–Crippen MR) is 71.0 cm³/mol. The number of benzene rings is 1. The minimum atomic E-state index is -0.777. The average Bonchev–Trinajstić information content (AvgIpc) is 2.47. The Hall–Kier alpha value is -2.21. The van der Waals surface area contributed by atoms with Crippen LogP contribution in [0.15, 0.2) is 36.4 Å². The second kappa shape index (κ2) is 5.83. The highest BCUT2D eigenvalue weighted by molar-refractivity contribution is 5.77. The van der Waals surface area contributed by atoms with Gasteiger partial charge in [-0.2, -0.15) is 0 Å². The molecule has 0 amide bonds. The SMILES string of the molecule is COC(=O)[C@@H]1C=C[C@H](C)[C@@H](c2cccc([N+](=O)[O-])c2)O1. The van der Waals surface area contributed by atoms with E-state index in [-0.39, 0.29) is 11.6 Å². The van der Waals surface area contributed by atoms with Gasteiger partial charge < -0.3 is 9.47 Å². The summed E-state index contributed by atoms with van der Waals surface area (Å²) in [7, 11) is 1.29. The number of hydrogen-bond acceptors (Lipinski definition) is 5. The van der Waals surface area contributed by atoms with Crippen molar-refractivity contribution in [3.05, 3.63) is 52.1 Å². The van der Waals surface area contributed by atoms with E-state index in [1.54, 1.807) is 18.2 Å². The molecule has 0 bridgehead atoms. The van der Waals surface area contributed by atoms with E-state index in [9.17, 15) is 14.9 Å². The van der Waals surface area contributed by atoms with E-state index in [1.165, 1.54) is 19.2 Å². The Morgan fingerprint density at radius 2 is 2.15 bits per heavy atom. The van der Waals surface area contributed by atoms with Crippen LogP contribution < -0.4 is 0 Å². The Labute approximate surface area is 116 Å². The van der Waals surface area contributed by atoms with Crippen LogP contribution in [0.25, 0.3) is 0 Å². The fraction of sp³-hybridized carbons (Fsp3) is 0.357. The zero-order chi connectivity index (χ0) is 14.7. The van der Waals surface area contributed by atoms with Crippen molar-refractivity contribution in [1.82, 2.24) is 0 Å². The van der Waals surface area contributed by atoms with Crippen LogP contribution in [0.3, 0.4) is 0 Å². The lowest BCUT2D eigenvalue weighted by atomic mass is 9.93. The molecule has 1 heterocycles. The van der Waals surface area contributed by atoms with Crippen molar-refractivity contribution in [3.8, 4) is 0 Å². The van der Waals surface area contributed by atoms with E-state index < -0.39 is 23.1 Å². The fourth-order valence-electron chi connectivity index (χ4n) is 2.15. The Bertz CT molecular complexity index is 554. The number of carbonyl (C=O) groups is 1. The molecule has 0 aliphatic carbocycles. The van der Waals surface area contributed by atoms with E-state index in [1.807, 2.05) is 13.0 Å². The first-order valence-corrected chi connectivity index (χ1v) is 6.19. The molecular weight excluding hydrogens is 262 g/mol. The molecule has 0 aromatic heterocycles. The number of rotatable bonds is 3. The van der Waals surface area contributed by atoms with Gasteiger partial charge in [0.15, 0.2) is 6.10 Å². The second-order valence-corrected chi connectivity index (χ2v) is 4.60. The van der Waals surface area contributed by atoms with Crippen LogP contribution >= 0.6 is 0 Å². The summed E-state index contributed by atoms with van der Waals surface area (Å²) < 4.78 is 10.3. The summed E-state index contributed by atoms with van der Waals surface area (Å²) >= 11 is 0. The van der Waals surface area contributed by atoms with Gasteiger partial charge in [-0.25, -0.2) is 4.79 Å². The zero-order valence-corrected chi connectivity index (χ0v) is 11.2. The molecule has 3 atom stereocenters. The number of ether oxygens (including phenoxy) is 2. The predicted octanol–water partition coefficient (Wildman–Crippen LogP) is 2.40. The Balaban J connectivity index is 2.27. The lowest BCUT2D eigenvalue weighted by Gasteiger charge is -2.29. The molecule has 0 fully saturated rings. The third kappa shape index (κ3) is 2.85. The molecule has 0 N–H and O–H groups in total. The molecule has 20 heavy (non-hydrogen) atoms. The molecule has 1 aromatic carbocycles.